The first-order valence-electron chi connectivity index (χ1n) is 9.16. The van der Waals surface area contributed by atoms with Gasteiger partial charge in [-0.25, -0.2) is 0 Å². The van der Waals surface area contributed by atoms with Gasteiger partial charge in [-0.1, -0.05) is 48.5 Å². The van der Waals surface area contributed by atoms with Gasteiger partial charge in [0.1, 0.15) is 6.04 Å². The van der Waals surface area contributed by atoms with E-state index in [9.17, 15) is 9.59 Å². The Bertz CT molecular complexity index is 913. The van der Waals surface area contributed by atoms with E-state index in [2.05, 4.69) is 5.32 Å². The third-order valence-corrected chi connectivity index (χ3v) is 4.11. The minimum absolute atomic E-state index is 0.174. The molecule has 3 aromatic rings. The predicted molar refractivity (Wildman–Crippen MR) is 109 cm³/mol. The molecular weight excluding hydrogens is 352 g/mol. The van der Waals surface area contributed by atoms with Crippen molar-refractivity contribution in [1.29, 1.82) is 0 Å². The van der Waals surface area contributed by atoms with Crippen molar-refractivity contribution in [2.45, 2.75) is 32.4 Å². The van der Waals surface area contributed by atoms with Crippen molar-refractivity contribution in [2.75, 3.05) is 4.90 Å². The van der Waals surface area contributed by atoms with E-state index < -0.39 is 11.6 Å². The number of anilines is 1. The van der Waals surface area contributed by atoms with Crippen LogP contribution >= 0.6 is 0 Å². The topological polar surface area (TPSA) is 62.6 Å². The smallest absolute Gasteiger partial charge is 0.294 e. The monoisotopic (exact) mass is 376 g/mol. The van der Waals surface area contributed by atoms with Crippen molar-refractivity contribution in [3.8, 4) is 0 Å². The standard InChI is InChI=1S/C23H24N2O3/c1-23(2,3)24-21(26)20(17-11-6-4-7-12-17)25(18-13-8-5-9-14-18)22(27)19-15-10-16-28-19/h4-16,20H,1-3H3,(H,24,26)/t20-/m0/s1. The molecule has 1 heterocycles. The van der Waals surface area contributed by atoms with E-state index in [-0.39, 0.29) is 17.6 Å². The van der Waals surface area contributed by atoms with E-state index in [0.717, 1.165) is 0 Å². The summed E-state index contributed by atoms with van der Waals surface area (Å²) in [5, 5.41) is 3.00. The van der Waals surface area contributed by atoms with E-state index in [1.54, 1.807) is 24.3 Å². The highest BCUT2D eigenvalue weighted by Crippen LogP contribution is 2.30. The minimum Gasteiger partial charge on any atom is -0.459 e. The van der Waals surface area contributed by atoms with E-state index >= 15 is 0 Å². The maximum Gasteiger partial charge on any atom is 0.294 e. The highest BCUT2D eigenvalue weighted by atomic mass is 16.3. The fourth-order valence-electron chi connectivity index (χ4n) is 2.98. The fraction of sp³-hybridized carbons (Fsp3) is 0.217. The summed E-state index contributed by atoms with van der Waals surface area (Å²) in [6.45, 7) is 5.73. The summed E-state index contributed by atoms with van der Waals surface area (Å²) in [7, 11) is 0. The lowest BCUT2D eigenvalue weighted by molar-refractivity contribution is -0.123. The molecule has 2 amide bonds. The Labute approximate surface area is 165 Å². The molecular formula is C23H24N2O3. The molecule has 1 atom stereocenters. The molecule has 0 saturated carbocycles. The second kappa shape index (κ2) is 8.13. The molecule has 0 aliphatic carbocycles. The number of nitrogens with zero attached hydrogens (tertiary/aromatic N) is 1. The Kier molecular flexibility index (Phi) is 5.64. The van der Waals surface area contributed by atoms with Crippen LogP contribution in [0, 0.1) is 0 Å². The van der Waals surface area contributed by atoms with Crippen molar-refractivity contribution >= 4 is 17.5 Å². The number of para-hydroxylation sites is 1. The summed E-state index contributed by atoms with van der Waals surface area (Å²) in [5.74, 6) is -0.468. The van der Waals surface area contributed by atoms with Gasteiger partial charge in [0.05, 0.1) is 6.26 Å². The van der Waals surface area contributed by atoms with Gasteiger partial charge in [0.2, 0.25) is 5.91 Å². The first-order chi connectivity index (χ1) is 13.4. The molecule has 144 valence electrons. The maximum atomic E-state index is 13.3. The molecule has 0 radical (unpaired) electrons. The molecule has 2 aromatic carbocycles. The lowest BCUT2D eigenvalue weighted by Gasteiger charge is -2.33. The quantitative estimate of drug-likeness (QED) is 0.709. The van der Waals surface area contributed by atoms with Crippen LogP contribution in [0.3, 0.4) is 0 Å². The molecule has 5 nitrogen and oxygen atoms in total. The minimum atomic E-state index is -0.847. The Morgan fingerprint density at radius 2 is 1.50 bits per heavy atom. The van der Waals surface area contributed by atoms with Crippen LogP contribution in [-0.4, -0.2) is 17.4 Å². The number of carbonyl (C=O) groups is 2. The lowest BCUT2D eigenvalue weighted by atomic mass is 10.0. The van der Waals surface area contributed by atoms with Gasteiger partial charge >= 0.3 is 0 Å². The van der Waals surface area contributed by atoms with Gasteiger partial charge < -0.3 is 9.73 Å². The Hall–Kier alpha value is -3.34. The summed E-state index contributed by atoms with van der Waals surface area (Å²) in [6.07, 6.45) is 1.45. The molecule has 5 heteroatoms. The summed E-state index contributed by atoms with van der Waals surface area (Å²) < 4.78 is 5.34. The zero-order valence-corrected chi connectivity index (χ0v) is 16.3. The number of rotatable bonds is 5. The molecule has 0 spiro atoms. The average Bonchev–Trinajstić information content (AvgIpc) is 3.20. The van der Waals surface area contributed by atoms with Crippen molar-refractivity contribution in [3.05, 3.63) is 90.4 Å². The molecule has 28 heavy (non-hydrogen) atoms. The number of furan rings is 1. The summed E-state index contributed by atoms with van der Waals surface area (Å²) in [6, 6.07) is 20.8. The molecule has 0 unspecified atom stereocenters. The Morgan fingerprint density at radius 1 is 0.893 bits per heavy atom. The highest BCUT2D eigenvalue weighted by molar-refractivity contribution is 6.08. The number of nitrogens with one attached hydrogen (secondary N) is 1. The summed E-state index contributed by atoms with van der Waals surface area (Å²) in [5.41, 5.74) is 0.884. The van der Waals surface area contributed by atoms with Crippen LogP contribution in [0.5, 0.6) is 0 Å². The van der Waals surface area contributed by atoms with Crippen molar-refractivity contribution in [3.63, 3.8) is 0 Å². The third kappa shape index (κ3) is 4.49. The van der Waals surface area contributed by atoms with Gasteiger partial charge in [-0.05, 0) is 50.6 Å². The Balaban J connectivity index is 2.13. The second-order valence-corrected chi connectivity index (χ2v) is 7.54. The molecule has 1 N–H and O–H groups in total. The average molecular weight is 376 g/mol. The number of carbonyl (C=O) groups excluding carboxylic acids is 2. The normalized spacial score (nSPS) is 12.2. The Morgan fingerprint density at radius 3 is 2.04 bits per heavy atom. The van der Waals surface area contributed by atoms with Crippen LogP contribution in [0.1, 0.15) is 42.9 Å². The van der Waals surface area contributed by atoms with Gasteiger partial charge in [-0.3, -0.25) is 14.5 Å². The van der Waals surface area contributed by atoms with Gasteiger partial charge in [0.25, 0.3) is 5.91 Å². The first kappa shape index (κ1) is 19.4. The number of hydrogen-bond donors (Lipinski definition) is 1. The highest BCUT2D eigenvalue weighted by Gasteiger charge is 2.35. The van der Waals surface area contributed by atoms with E-state index in [4.69, 9.17) is 4.42 Å². The van der Waals surface area contributed by atoms with Crippen LogP contribution in [0.2, 0.25) is 0 Å². The van der Waals surface area contributed by atoms with Gasteiger partial charge in [0, 0.05) is 11.2 Å². The van der Waals surface area contributed by atoms with E-state index in [1.165, 1.54) is 11.2 Å². The van der Waals surface area contributed by atoms with Crippen molar-refractivity contribution in [1.82, 2.24) is 5.32 Å². The molecule has 0 fully saturated rings. The van der Waals surface area contributed by atoms with Crippen LogP contribution in [-0.2, 0) is 4.79 Å². The van der Waals surface area contributed by atoms with Gasteiger partial charge in [-0.15, -0.1) is 0 Å². The third-order valence-electron chi connectivity index (χ3n) is 4.11. The largest absolute Gasteiger partial charge is 0.459 e. The summed E-state index contributed by atoms with van der Waals surface area (Å²) in [4.78, 5) is 28.1. The fourth-order valence-corrected chi connectivity index (χ4v) is 2.98. The van der Waals surface area contributed by atoms with Crippen LogP contribution in [0.4, 0.5) is 5.69 Å². The van der Waals surface area contributed by atoms with E-state index in [1.807, 2.05) is 69.3 Å². The molecule has 3 rings (SSSR count). The lowest BCUT2D eigenvalue weighted by Crippen LogP contribution is -2.49. The molecule has 0 aliphatic rings. The van der Waals surface area contributed by atoms with E-state index in [0.29, 0.717) is 11.3 Å². The van der Waals surface area contributed by atoms with Crippen LogP contribution < -0.4 is 10.2 Å². The molecule has 0 aliphatic heterocycles. The van der Waals surface area contributed by atoms with Crippen molar-refractivity contribution < 1.29 is 14.0 Å². The first-order valence-corrected chi connectivity index (χ1v) is 9.16. The number of benzene rings is 2. The molecule has 1 aromatic heterocycles. The summed E-state index contributed by atoms with van der Waals surface area (Å²) >= 11 is 0. The zero-order chi connectivity index (χ0) is 20.1. The molecule has 0 bridgehead atoms. The van der Waals surface area contributed by atoms with Gasteiger partial charge in [0.15, 0.2) is 5.76 Å². The number of hydrogen-bond acceptors (Lipinski definition) is 3. The second-order valence-electron chi connectivity index (χ2n) is 7.54. The zero-order valence-electron chi connectivity index (χ0n) is 16.3. The van der Waals surface area contributed by atoms with Crippen LogP contribution in [0.15, 0.2) is 83.5 Å². The predicted octanol–water partition coefficient (Wildman–Crippen LogP) is 4.58. The molecule has 0 saturated heterocycles. The van der Waals surface area contributed by atoms with Crippen LogP contribution in [0.25, 0.3) is 0 Å². The number of amides is 2. The van der Waals surface area contributed by atoms with Crippen molar-refractivity contribution in [2.24, 2.45) is 0 Å². The maximum absolute atomic E-state index is 13.3. The SMILES string of the molecule is CC(C)(C)NC(=O)[C@H](c1ccccc1)N(C(=O)c1ccco1)c1ccccc1. The van der Waals surface area contributed by atoms with Gasteiger partial charge in [-0.2, -0.15) is 0 Å².